The van der Waals surface area contributed by atoms with Crippen molar-refractivity contribution in [1.82, 2.24) is 0 Å². The Bertz CT molecular complexity index is 699. The van der Waals surface area contributed by atoms with Crippen LogP contribution in [0.3, 0.4) is 0 Å². The molecular weight excluding hydrogens is 302 g/mol. The van der Waals surface area contributed by atoms with Gasteiger partial charge in [-0.25, -0.2) is 0 Å². The van der Waals surface area contributed by atoms with Crippen molar-refractivity contribution >= 4 is 34.8 Å². The molecule has 0 aliphatic heterocycles. The van der Waals surface area contributed by atoms with Crippen molar-refractivity contribution in [2.45, 2.75) is 6.92 Å². The van der Waals surface area contributed by atoms with Crippen LogP contribution in [0.5, 0.6) is 0 Å². The molecule has 0 aliphatic rings. The lowest BCUT2D eigenvalue weighted by atomic mass is 10.2. The number of anilines is 2. The summed E-state index contributed by atoms with van der Waals surface area (Å²) in [5.74, 6) is -0.695. The third kappa shape index (κ3) is 4.23. The van der Waals surface area contributed by atoms with Crippen LogP contribution in [0.15, 0.2) is 42.5 Å². The molecule has 2 amide bonds. The van der Waals surface area contributed by atoms with Crippen molar-refractivity contribution in [2.75, 3.05) is 17.2 Å². The quantitative estimate of drug-likeness (QED) is 0.792. The second-order valence-corrected chi connectivity index (χ2v) is 5.24. The van der Waals surface area contributed by atoms with Gasteiger partial charge in [-0.2, -0.15) is 0 Å². The lowest BCUT2D eigenvalue weighted by Gasteiger charge is -2.10. The molecule has 6 heteroatoms. The number of benzene rings is 2. The van der Waals surface area contributed by atoms with E-state index in [1.165, 1.54) is 0 Å². The molecule has 4 N–H and O–H groups in total. The van der Waals surface area contributed by atoms with E-state index in [2.05, 4.69) is 10.6 Å². The number of halogens is 1. The first kappa shape index (κ1) is 15.9. The lowest BCUT2D eigenvalue weighted by molar-refractivity contribution is -0.114. The Labute approximate surface area is 133 Å². The molecule has 114 valence electrons. The maximum Gasteiger partial charge on any atom is 0.248 e. The Morgan fingerprint density at radius 3 is 2.41 bits per heavy atom. The molecule has 0 unspecified atom stereocenters. The zero-order valence-electron chi connectivity index (χ0n) is 12.0. The maximum atomic E-state index is 11.9. The van der Waals surface area contributed by atoms with Crippen LogP contribution in [-0.2, 0) is 4.79 Å². The average Bonchev–Trinajstić information content (AvgIpc) is 2.47. The van der Waals surface area contributed by atoms with E-state index < -0.39 is 5.91 Å². The lowest BCUT2D eigenvalue weighted by Crippen LogP contribution is -2.22. The van der Waals surface area contributed by atoms with Gasteiger partial charge in [0.05, 0.1) is 6.54 Å². The monoisotopic (exact) mass is 317 g/mol. The molecule has 2 aromatic rings. The fourth-order valence-electron chi connectivity index (χ4n) is 1.92. The summed E-state index contributed by atoms with van der Waals surface area (Å²) in [5.41, 5.74) is 7.97. The van der Waals surface area contributed by atoms with E-state index in [1.54, 1.807) is 30.3 Å². The topological polar surface area (TPSA) is 84.2 Å². The molecule has 0 aliphatic carbocycles. The van der Waals surface area contributed by atoms with E-state index >= 15 is 0 Å². The molecule has 22 heavy (non-hydrogen) atoms. The highest BCUT2D eigenvalue weighted by atomic mass is 35.5. The largest absolute Gasteiger partial charge is 0.376 e. The van der Waals surface area contributed by atoms with E-state index in [9.17, 15) is 9.59 Å². The summed E-state index contributed by atoms with van der Waals surface area (Å²) in [7, 11) is 0. The minimum Gasteiger partial charge on any atom is -0.376 e. The first-order chi connectivity index (χ1) is 10.5. The Hall–Kier alpha value is -2.53. The number of nitrogens with one attached hydrogen (secondary N) is 2. The van der Waals surface area contributed by atoms with Crippen LogP contribution >= 0.6 is 11.6 Å². The van der Waals surface area contributed by atoms with E-state index in [4.69, 9.17) is 17.3 Å². The number of nitrogens with two attached hydrogens (primary N) is 1. The Morgan fingerprint density at radius 2 is 1.82 bits per heavy atom. The molecule has 0 fully saturated rings. The normalized spacial score (nSPS) is 10.1. The van der Waals surface area contributed by atoms with Gasteiger partial charge in [-0.05, 0) is 55.0 Å². The van der Waals surface area contributed by atoms with Gasteiger partial charge >= 0.3 is 0 Å². The molecular formula is C16H16ClN3O2. The van der Waals surface area contributed by atoms with Crippen LogP contribution in [0.1, 0.15) is 15.9 Å². The zero-order chi connectivity index (χ0) is 16.1. The predicted octanol–water partition coefficient (Wildman–Crippen LogP) is 2.80. The van der Waals surface area contributed by atoms with Gasteiger partial charge in [-0.1, -0.05) is 11.6 Å². The van der Waals surface area contributed by atoms with Crippen LogP contribution in [0, 0.1) is 6.92 Å². The first-order valence-electron chi connectivity index (χ1n) is 6.65. The van der Waals surface area contributed by atoms with Crippen LogP contribution in [0.4, 0.5) is 11.4 Å². The fraction of sp³-hybridized carbons (Fsp3) is 0.125. The summed E-state index contributed by atoms with van der Waals surface area (Å²) in [4.78, 5) is 22.9. The number of aryl methyl sites for hydroxylation is 1. The van der Waals surface area contributed by atoms with E-state index in [0.29, 0.717) is 16.3 Å². The summed E-state index contributed by atoms with van der Waals surface area (Å²) < 4.78 is 0. The number of rotatable bonds is 5. The Balaban J connectivity index is 1.91. The number of amides is 2. The first-order valence-corrected chi connectivity index (χ1v) is 7.03. The Morgan fingerprint density at radius 1 is 1.14 bits per heavy atom. The van der Waals surface area contributed by atoms with Gasteiger partial charge < -0.3 is 16.4 Å². The van der Waals surface area contributed by atoms with Crippen LogP contribution in [-0.4, -0.2) is 18.4 Å². The summed E-state index contributed by atoms with van der Waals surface area (Å²) in [6, 6.07) is 11.8. The summed E-state index contributed by atoms with van der Waals surface area (Å²) in [5, 5.41) is 6.43. The minimum atomic E-state index is -0.502. The molecule has 0 heterocycles. The third-order valence-corrected chi connectivity index (χ3v) is 3.32. The molecule has 5 nitrogen and oxygen atoms in total. The molecule has 0 radical (unpaired) electrons. The van der Waals surface area contributed by atoms with Crippen molar-refractivity contribution < 1.29 is 9.59 Å². The maximum absolute atomic E-state index is 11.9. The summed E-state index contributed by atoms with van der Waals surface area (Å²) >= 11 is 5.88. The van der Waals surface area contributed by atoms with E-state index in [0.717, 1.165) is 11.3 Å². The number of hydrogen-bond donors (Lipinski definition) is 3. The third-order valence-electron chi connectivity index (χ3n) is 3.08. The summed E-state index contributed by atoms with van der Waals surface area (Å²) in [6.07, 6.45) is 0. The predicted molar refractivity (Wildman–Crippen MR) is 88.3 cm³/mol. The standard InChI is InChI=1S/C16H16ClN3O2/c1-10-8-12(17)4-7-14(10)19-9-15(21)20-13-5-2-11(3-6-13)16(18)22/h2-8,19H,9H2,1H3,(H2,18,22)(H,20,21). The van der Waals surface area contributed by atoms with E-state index in [-0.39, 0.29) is 12.5 Å². The second kappa shape index (κ2) is 6.95. The number of hydrogen-bond acceptors (Lipinski definition) is 3. The van der Waals surface area contributed by atoms with Gasteiger partial charge in [-0.15, -0.1) is 0 Å². The van der Waals surface area contributed by atoms with Gasteiger partial charge in [-0.3, -0.25) is 9.59 Å². The Kier molecular flexibility index (Phi) is 5.01. The molecule has 2 rings (SSSR count). The highest BCUT2D eigenvalue weighted by Gasteiger charge is 2.05. The van der Waals surface area contributed by atoms with E-state index in [1.807, 2.05) is 19.1 Å². The molecule has 0 saturated carbocycles. The SMILES string of the molecule is Cc1cc(Cl)ccc1NCC(=O)Nc1ccc(C(N)=O)cc1. The van der Waals surface area contributed by atoms with Crippen molar-refractivity contribution in [1.29, 1.82) is 0 Å². The number of carbonyl (C=O) groups excluding carboxylic acids is 2. The van der Waals surface area contributed by atoms with Crippen LogP contribution in [0.25, 0.3) is 0 Å². The molecule has 0 saturated heterocycles. The molecule has 2 aromatic carbocycles. The van der Waals surface area contributed by atoms with Gasteiger partial charge in [0.2, 0.25) is 11.8 Å². The van der Waals surface area contributed by atoms with Gasteiger partial charge in [0.25, 0.3) is 0 Å². The molecule has 0 spiro atoms. The average molecular weight is 318 g/mol. The smallest absolute Gasteiger partial charge is 0.248 e. The van der Waals surface area contributed by atoms with Crippen molar-refractivity contribution in [3.63, 3.8) is 0 Å². The van der Waals surface area contributed by atoms with Crippen molar-refractivity contribution in [3.05, 3.63) is 58.6 Å². The zero-order valence-corrected chi connectivity index (χ0v) is 12.8. The number of carbonyl (C=O) groups is 2. The van der Waals surface area contributed by atoms with Crippen LogP contribution in [0.2, 0.25) is 5.02 Å². The second-order valence-electron chi connectivity index (χ2n) is 4.80. The summed E-state index contributed by atoms with van der Waals surface area (Å²) in [6.45, 7) is 2.04. The van der Waals surface area contributed by atoms with Gasteiger partial charge in [0.1, 0.15) is 0 Å². The van der Waals surface area contributed by atoms with Crippen molar-refractivity contribution in [2.24, 2.45) is 5.73 Å². The van der Waals surface area contributed by atoms with Crippen molar-refractivity contribution in [3.8, 4) is 0 Å². The molecule has 0 bridgehead atoms. The number of primary amides is 1. The van der Waals surface area contributed by atoms with Gasteiger partial charge in [0, 0.05) is 22.0 Å². The highest BCUT2D eigenvalue weighted by Crippen LogP contribution is 2.19. The van der Waals surface area contributed by atoms with Crippen LogP contribution < -0.4 is 16.4 Å². The van der Waals surface area contributed by atoms with Gasteiger partial charge in [0.15, 0.2) is 0 Å². The fourth-order valence-corrected chi connectivity index (χ4v) is 2.15. The molecule has 0 aromatic heterocycles. The minimum absolute atomic E-state index is 0.125. The highest BCUT2D eigenvalue weighted by molar-refractivity contribution is 6.30. The molecule has 0 atom stereocenters.